The topological polar surface area (TPSA) is 61.4 Å². The molecule has 0 aliphatic rings. The Kier molecular flexibility index (Phi) is 8.23. The summed E-state index contributed by atoms with van der Waals surface area (Å²) in [6.45, 7) is 11.7. The predicted octanol–water partition coefficient (Wildman–Crippen LogP) is 8.85. The zero-order chi connectivity index (χ0) is 31.0. The van der Waals surface area contributed by atoms with E-state index in [0.29, 0.717) is 23.3 Å². The summed E-state index contributed by atoms with van der Waals surface area (Å²) in [6.07, 6.45) is 1.81. The molecule has 0 saturated heterocycles. The Morgan fingerprint density at radius 3 is 2.39 bits per heavy atom. The van der Waals surface area contributed by atoms with E-state index in [2.05, 4.69) is 89.8 Å². The van der Waals surface area contributed by atoms with Gasteiger partial charge in [0.25, 0.3) is 5.56 Å². The second-order valence-electron chi connectivity index (χ2n) is 11.3. The van der Waals surface area contributed by atoms with E-state index < -0.39 is 0 Å². The molecule has 6 aromatic rings. The van der Waals surface area contributed by atoms with Gasteiger partial charge >= 0.3 is 0 Å². The third-order valence-corrected chi connectivity index (χ3v) is 8.64. The summed E-state index contributed by atoms with van der Waals surface area (Å²) in [5.74, 6) is 1.58. The van der Waals surface area contributed by atoms with Crippen molar-refractivity contribution in [2.24, 2.45) is 5.10 Å². The molecule has 0 amide bonds. The van der Waals surface area contributed by atoms with Gasteiger partial charge in [-0.25, -0.2) is 4.98 Å². The summed E-state index contributed by atoms with van der Waals surface area (Å²) in [6, 6.07) is 28.3. The monoisotopic (exact) mass is 646 g/mol. The Balaban J connectivity index is 1.54. The third kappa shape index (κ3) is 5.48. The van der Waals surface area contributed by atoms with Crippen molar-refractivity contribution < 1.29 is 4.74 Å². The average Bonchev–Trinajstić information content (AvgIpc) is 3.28. The molecule has 44 heavy (non-hydrogen) atoms. The minimum atomic E-state index is -0.211. The molecule has 6 rings (SSSR count). The minimum Gasteiger partial charge on any atom is -0.494 e. The average molecular weight is 648 g/mol. The van der Waals surface area contributed by atoms with Gasteiger partial charge in [-0.1, -0.05) is 72.2 Å². The van der Waals surface area contributed by atoms with E-state index in [-0.39, 0.29) is 11.5 Å². The Morgan fingerprint density at radius 2 is 1.66 bits per heavy atom. The Labute approximate surface area is 265 Å². The predicted molar refractivity (Wildman–Crippen MR) is 184 cm³/mol. The Hall–Kier alpha value is -4.49. The molecule has 0 radical (unpaired) electrons. The van der Waals surface area contributed by atoms with Crippen LogP contribution in [0.1, 0.15) is 54.6 Å². The fourth-order valence-corrected chi connectivity index (χ4v) is 6.05. The van der Waals surface area contributed by atoms with Crippen LogP contribution in [-0.2, 0) is 6.54 Å². The second kappa shape index (κ2) is 12.2. The van der Waals surface area contributed by atoms with E-state index in [9.17, 15) is 4.79 Å². The highest BCUT2D eigenvalue weighted by atomic mass is 79.9. The van der Waals surface area contributed by atoms with Gasteiger partial charge in [0.05, 0.1) is 23.7 Å². The molecule has 222 valence electrons. The largest absolute Gasteiger partial charge is 0.494 e. The first-order chi connectivity index (χ1) is 21.3. The van der Waals surface area contributed by atoms with Gasteiger partial charge in [0.15, 0.2) is 5.82 Å². The normalized spacial score (nSPS) is 11.8. The van der Waals surface area contributed by atoms with Crippen molar-refractivity contribution in [1.29, 1.82) is 0 Å². The Bertz CT molecular complexity index is 2090. The molecule has 7 heteroatoms. The minimum absolute atomic E-state index is 0.211. The number of hydrogen-bond donors (Lipinski definition) is 0. The number of fused-ring (bicyclic) bond motifs is 2. The van der Waals surface area contributed by atoms with Crippen LogP contribution in [0.2, 0.25) is 0 Å². The van der Waals surface area contributed by atoms with E-state index in [0.717, 1.165) is 55.6 Å². The molecule has 0 bridgehead atoms. The summed E-state index contributed by atoms with van der Waals surface area (Å²) in [7, 11) is 0. The van der Waals surface area contributed by atoms with Crippen molar-refractivity contribution in [2.75, 3.05) is 6.61 Å². The zero-order valence-electron chi connectivity index (χ0n) is 25.6. The third-order valence-electron chi connectivity index (χ3n) is 8.11. The number of ether oxygens (including phenoxy) is 1. The molecule has 0 fully saturated rings. The molecule has 0 aliphatic carbocycles. The molecular weight excluding hydrogens is 612 g/mol. The van der Waals surface area contributed by atoms with Crippen molar-refractivity contribution in [3.05, 3.63) is 128 Å². The summed E-state index contributed by atoms with van der Waals surface area (Å²) >= 11 is 3.54. The van der Waals surface area contributed by atoms with Gasteiger partial charge in [-0.3, -0.25) is 4.79 Å². The van der Waals surface area contributed by atoms with Crippen LogP contribution in [0.25, 0.3) is 33.2 Å². The first-order valence-electron chi connectivity index (χ1n) is 14.9. The number of benzene rings is 4. The van der Waals surface area contributed by atoms with Gasteiger partial charge in [0, 0.05) is 38.7 Å². The molecule has 0 atom stereocenters. The number of para-hydroxylation sites is 2. The summed E-state index contributed by atoms with van der Waals surface area (Å²) in [5, 5.41) is 6.49. The summed E-state index contributed by atoms with van der Waals surface area (Å²) in [5.41, 5.74) is 7.66. The number of nitrogens with zero attached hydrogens (tertiary/aromatic N) is 4. The SMILES string of the molecule is CCOc1cc(C)c(-c2nc3ccccc3c(=O)n2N=Cc2c(C)n(Cc3ccc(Br)cc3)c3ccccc23)cc1C(C)C. The molecule has 0 N–H and O–H groups in total. The lowest BCUT2D eigenvalue weighted by atomic mass is 9.96. The standard InChI is InChI=1S/C37H35BrN4O2/c1-6-44-35-19-24(4)31(20-30(35)23(2)3)36-40-33-13-9-7-12-29(33)37(43)42(36)39-21-32-25(5)41(34-14-10-8-11-28(32)34)22-26-15-17-27(38)18-16-26/h7-21,23H,6,22H2,1-5H3. The Morgan fingerprint density at radius 1 is 0.955 bits per heavy atom. The lowest BCUT2D eigenvalue weighted by Gasteiger charge is -2.18. The zero-order valence-corrected chi connectivity index (χ0v) is 27.2. The fourth-order valence-electron chi connectivity index (χ4n) is 5.79. The van der Waals surface area contributed by atoms with Crippen LogP contribution in [0.3, 0.4) is 0 Å². The van der Waals surface area contributed by atoms with Crippen LogP contribution in [-0.4, -0.2) is 27.0 Å². The van der Waals surface area contributed by atoms with Gasteiger partial charge < -0.3 is 9.30 Å². The number of aryl methyl sites for hydroxylation is 1. The van der Waals surface area contributed by atoms with Crippen LogP contribution in [0.4, 0.5) is 0 Å². The molecular formula is C37H35BrN4O2. The number of halogens is 1. The quantitative estimate of drug-likeness (QED) is 0.155. The fraction of sp³-hybridized carbons (Fsp3) is 0.216. The second-order valence-corrected chi connectivity index (χ2v) is 12.3. The molecule has 0 saturated carbocycles. The highest BCUT2D eigenvalue weighted by molar-refractivity contribution is 9.10. The van der Waals surface area contributed by atoms with Gasteiger partial charge in [-0.2, -0.15) is 9.78 Å². The van der Waals surface area contributed by atoms with Crippen molar-refractivity contribution >= 4 is 44.0 Å². The van der Waals surface area contributed by atoms with Gasteiger partial charge in [0.2, 0.25) is 0 Å². The van der Waals surface area contributed by atoms with Crippen LogP contribution >= 0.6 is 15.9 Å². The molecule has 0 spiro atoms. The van der Waals surface area contributed by atoms with Gasteiger partial charge in [-0.05, 0) is 85.8 Å². The maximum absolute atomic E-state index is 14.0. The smallest absolute Gasteiger partial charge is 0.282 e. The maximum atomic E-state index is 14.0. The lowest BCUT2D eigenvalue weighted by molar-refractivity contribution is 0.335. The van der Waals surface area contributed by atoms with Crippen molar-refractivity contribution in [2.45, 2.75) is 47.1 Å². The highest BCUT2D eigenvalue weighted by Crippen LogP contribution is 2.34. The summed E-state index contributed by atoms with van der Waals surface area (Å²) < 4.78 is 10.8. The molecule has 4 aromatic carbocycles. The highest BCUT2D eigenvalue weighted by Gasteiger charge is 2.19. The molecule has 0 unspecified atom stereocenters. The number of aromatic nitrogens is 3. The van der Waals surface area contributed by atoms with E-state index in [1.165, 1.54) is 10.2 Å². The van der Waals surface area contributed by atoms with Crippen molar-refractivity contribution in [1.82, 2.24) is 14.2 Å². The molecule has 0 aliphatic heterocycles. The first kappa shape index (κ1) is 29.6. The van der Waals surface area contributed by atoms with Crippen LogP contribution < -0.4 is 10.3 Å². The number of hydrogen-bond acceptors (Lipinski definition) is 4. The van der Waals surface area contributed by atoms with Crippen LogP contribution in [0.15, 0.2) is 99.3 Å². The van der Waals surface area contributed by atoms with E-state index in [1.807, 2.05) is 50.4 Å². The van der Waals surface area contributed by atoms with E-state index in [1.54, 1.807) is 6.07 Å². The lowest BCUT2D eigenvalue weighted by Crippen LogP contribution is -2.21. The van der Waals surface area contributed by atoms with Gasteiger partial charge in [-0.15, -0.1) is 0 Å². The van der Waals surface area contributed by atoms with Crippen LogP contribution in [0, 0.1) is 13.8 Å². The van der Waals surface area contributed by atoms with E-state index in [4.69, 9.17) is 14.8 Å². The molecule has 2 aromatic heterocycles. The van der Waals surface area contributed by atoms with Crippen LogP contribution in [0.5, 0.6) is 5.75 Å². The molecule has 6 nitrogen and oxygen atoms in total. The van der Waals surface area contributed by atoms with Crippen molar-refractivity contribution in [3.8, 4) is 17.1 Å². The summed E-state index contributed by atoms with van der Waals surface area (Å²) in [4.78, 5) is 19.0. The maximum Gasteiger partial charge on any atom is 0.282 e. The van der Waals surface area contributed by atoms with E-state index >= 15 is 0 Å². The first-order valence-corrected chi connectivity index (χ1v) is 15.7. The molecule has 2 heterocycles. The van der Waals surface area contributed by atoms with Crippen molar-refractivity contribution in [3.63, 3.8) is 0 Å². The number of rotatable bonds is 8. The van der Waals surface area contributed by atoms with Gasteiger partial charge in [0.1, 0.15) is 5.75 Å².